The number of piperidine rings is 1. The number of hydrogen-bond acceptors (Lipinski definition) is 4. The predicted octanol–water partition coefficient (Wildman–Crippen LogP) is 4.26. The number of halogens is 1. The number of nitrogens with zero attached hydrogens (tertiary/aromatic N) is 1. The summed E-state index contributed by atoms with van der Waals surface area (Å²) < 4.78 is 24.8. The van der Waals surface area contributed by atoms with Gasteiger partial charge in [-0.05, 0) is 64.0 Å². The molecule has 2 rings (SSSR count). The van der Waals surface area contributed by atoms with Crippen LogP contribution in [0.1, 0.15) is 52.0 Å². The first-order valence-electron chi connectivity index (χ1n) is 9.75. The Kier molecular flexibility index (Phi) is 7.66. The lowest BCUT2D eigenvalue weighted by molar-refractivity contribution is -0.136. The molecule has 1 fully saturated rings. The number of likely N-dealkylation sites (tertiary alicyclic amines) is 1. The number of carbonyl (C=O) groups excluding carboxylic acids is 1. The van der Waals surface area contributed by atoms with Crippen molar-refractivity contribution in [3.63, 3.8) is 0 Å². The molecule has 1 aliphatic rings. The zero-order valence-electron chi connectivity index (χ0n) is 16.9. The first kappa shape index (κ1) is 22.0. The molecule has 1 aliphatic heterocycles. The van der Waals surface area contributed by atoms with E-state index in [1.807, 2.05) is 20.8 Å². The summed E-state index contributed by atoms with van der Waals surface area (Å²) >= 11 is 0. The Hall–Kier alpha value is -2.31. The van der Waals surface area contributed by atoms with Gasteiger partial charge in [-0.15, -0.1) is 0 Å². The van der Waals surface area contributed by atoms with Gasteiger partial charge in [0.15, 0.2) is 0 Å². The van der Waals surface area contributed by atoms with Crippen molar-refractivity contribution >= 4 is 12.1 Å². The van der Waals surface area contributed by atoms with Crippen molar-refractivity contribution in [3.05, 3.63) is 29.6 Å². The van der Waals surface area contributed by atoms with Gasteiger partial charge in [0.25, 0.3) is 0 Å². The Morgan fingerprint density at radius 2 is 1.93 bits per heavy atom. The van der Waals surface area contributed by atoms with Gasteiger partial charge in [-0.3, -0.25) is 4.79 Å². The number of ether oxygens (including phenoxy) is 2. The van der Waals surface area contributed by atoms with Gasteiger partial charge in [-0.1, -0.05) is 6.07 Å². The molecule has 0 unspecified atom stereocenters. The van der Waals surface area contributed by atoms with Crippen molar-refractivity contribution in [2.45, 2.75) is 58.5 Å². The van der Waals surface area contributed by atoms with Gasteiger partial charge in [-0.2, -0.15) is 0 Å². The monoisotopic (exact) mass is 395 g/mol. The van der Waals surface area contributed by atoms with Crippen LogP contribution in [0.5, 0.6) is 5.75 Å². The summed E-state index contributed by atoms with van der Waals surface area (Å²) in [5, 5.41) is 8.73. The molecule has 1 saturated heterocycles. The third-order valence-corrected chi connectivity index (χ3v) is 4.66. The molecule has 0 aliphatic carbocycles. The van der Waals surface area contributed by atoms with E-state index < -0.39 is 17.4 Å². The van der Waals surface area contributed by atoms with E-state index in [2.05, 4.69) is 0 Å². The fourth-order valence-corrected chi connectivity index (χ4v) is 3.22. The smallest absolute Gasteiger partial charge is 0.410 e. The summed E-state index contributed by atoms with van der Waals surface area (Å²) in [6, 6.07) is 4.28. The quantitative estimate of drug-likeness (QED) is 0.698. The maximum atomic E-state index is 13.8. The Morgan fingerprint density at radius 3 is 2.50 bits per heavy atom. The van der Waals surface area contributed by atoms with E-state index in [0.29, 0.717) is 31.4 Å². The minimum absolute atomic E-state index is 0.150. The highest BCUT2D eigenvalue weighted by Crippen LogP contribution is 2.24. The number of aliphatic carboxylic acids is 1. The fourth-order valence-electron chi connectivity index (χ4n) is 3.22. The number of carbonyl (C=O) groups is 2. The third kappa shape index (κ3) is 7.37. The predicted molar refractivity (Wildman–Crippen MR) is 103 cm³/mol. The average molecular weight is 395 g/mol. The Labute approximate surface area is 165 Å². The van der Waals surface area contributed by atoms with Crippen LogP contribution in [0, 0.1) is 11.7 Å². The minimum Gasteiger partial charge on any atom is -0.493 e. The molecule has 1 N–H and O–H groups in total. The molecule has 1 amide bonds. The molecule has 7 heteroatoms. The molecule has 156 valence electrons. The van der Waals surface area contributed by atoms with Crippen molar-refractivity contribution in [1.82, 2.24) is 4.90 Å². The van der Waals surface area contributed by atoms with E-state index in [9.17, 15) is 14.0 Å². The standard InChI is InChI=1S/C21H30FNO5/c1-21(2,3)28-20(26)23-10-8-15(9-11-23)5-4-12-27-17-7-6-16(13-19(24)25)18(22)14-17/h6-7,14-15H,4-5,8-13H2,1-3H3,(H,24,25). The molecular weight excluding hydrogens is 365 g/mol. The lowest BCUT2D eigenvalue weighted by Gasteiger charge is -2.33. The lowest BCUT2D eigenvalue weighted by Crippen LogP contribution is -2.41. The molecule has 0 bridgehead atoms. The highest BCUT2D eigenvalue weighted by molar-refractivity contribution is 5.70. The Morgan fingerprint density at radius 1 is 1.25 bits per heavy atom. The lowest BCUT2D eigenvalue weighted by atomic mass is 9.92. The largest absolute Gasteiger partial charge is 0.493 e. The molecular formula is C21H30FNO5. The fraction of sp³-hybridized carbons (Fsp3) is 0.619. The summed E-state index contributed by atoms with van der Waals surface area (Å²) in [4.78, 5) is 24.5. The van der Waals surface area contributed by atoms with Gasteiger partial charge in [0.1, 0.15) is 17.2 Å². The number of amides is 1. The summed E-state index contributed by atoms with van der Waals surface area (Å²) in [5.41, 5.74) is -0.326. The second-order valence-corrected chi connectivity index (χ2v) is 8.23. The van der Waals surface area contributed by atoms with Crippen LogP contribution < -0.4 is 4.74 Å². The van der Waals surface area contributed by atoms with Gasteiger partial charge in [-0.25, -0.2) is 9.18 Å². The zero-order valence-corrected chi connectivity index (χ0v) is 16.9. The highest BCUT2D eigenvalue weighted by atomic mass is 19.1. The molecule has 0 atom stereocenters. The topological polar surface area (TPSA) is 76.1 Å². The molecule has 0 saturated carbocycles. The van der Waals surface area contributed by atoms with Gasteiger partial charge < -0.3 is 19.5 Å². The summed E-state index contributed by atoms with van der Waals surface area (Å²) in [5.74, 6) is -0.678. The van der Waals surface area contributed by atoms with Crippen molar-refractivity contribution in [3.8, 4) is 5.75 Å². The maximum Gasteiger partial charge on any atom is 0.410 e. The first-order valence-corrected chi connectivity index (χ1v) is 9.75. The van der Waals surface area contributed by atoms with Crippen LogP contribution in [-0.4, -0.2) is 47.4 Å². The van der Waals surface area contributed by atoms with Crippen LogP contribution in [-0.2, 0) is 16.0 Å². The van der Waals surface area contributed by atoms with E-state index >= 15 is 0 Å². The number of carboxylic acid groups (broad SMARTS) is 1. The zero-order chi connectivity index (χ0) is 20.7. The van der Waals surface area contributed by atoms with Gasteiger partial charge in [0, 0.05) is 19.2 Å². The van der Waals surface area contributed by atoms with E-state index in [1.54, 1.807) is 11.0 Å². The number of hydrogen-bond donors (Lipinski definition) is 1. The third-order valence-electron chi connectivity index (χ3n) is 4.66. The second-order valence-electron chi connectivity index (χ2n) is 8.23. The van der Waals surface area contributed by atoms with Crippen molar-refractivity contribution in [2.24, 2.45) is 5.92 Å². The number of rotatable bonds is 7. The van der Waals surface area contributed by atoms with Crippen LogP contribution in [0.3, 0.4) is 0 Å². The molecule has 1 aromatic rings. The van der Waals surface area contributed by atoms with E-state index in [0.717, 1.165) is 25.7 Å². The minimum atomic E-state index is -1.06. The van der Waals surface area contributed by atoms with Gasteiger partial charge >= 0.3 is 12.1 Å². The Balaban J connectivity index is 1.66. The molecule has 0 radical (unpaired) electrons. The van der Waals surface area contributed by atoms with Gasteiger partial charge in [0.2, 0.25) is 0 Å². The number of carboxylic acids is 1. The second kappa shape index (κ2) is 9.75. The molecule has 6 nitrogen and oxygen atoms in total. The van der Waals surface area contributed by atoms with Crippen molar-refractivity contribution in [2.75, 3.05) is 19.7 Å². The normalized spacial score (nSPS) is 15.4. The summed E-state index contributed by atoms with van der Waals surface area (Å²) in [6.45, 7) is 7.48. The first-order chi connectivity index (χ1) is 13.1. The van der Waals surface area contributed by atoms with Crippen LogP contribution in [0.4, 0.5) is 9.18 Å². The van der Waals surface area contributed by atoms with Crippen LogP contribution >= 0.6 is 0 Å². The maximum absolute atomic E-state index is 13.8. The van der Waals surface area contributed by atoms with Crippen molar-refractivity contribution < 1.29 is 28.6 Å². The molecule has 0 spiro atoms. The van der Waals surface area contributed by atoms with Crippen LogP contribution in [0.25, 0.3) is 0 Å². The Bertz CT molecular complexity index is 678. The SMILES string of the molecule is CC(C)(C)OC(=O)N1CCC(CCCOc2ccc(CC(=O)O)c(F)c2)CC1. The molecule has 0 aromatic heterocycles. The van der Waals surface area contributed by atoms with Crippen LogP contribution in [0.2, 0.25) is 0 Å². The van der Waals surface area contributed by atoms with E-state index in [4.69, 9.17) is 14.6 Å². The van der Waals surface area contributed by atoms with Gasteiger partial charge in [0.05, 0.1) is 13.0 Å². The molecule has 1 heterocycles. The molecule has 28 heavy (non-hydrogen) atoms. The van der Waals surface area contributed by atoms with E-state index in [-0.39, 0.29) is 18.1 Å². The van der Waals surface area contributed by atoms with Crippen LogP contribution in [0.15, 0.2) is 18.2 Å². The van der Waals surface area contributed by atoms with E-state index in [1.165, 1.54) is 12.1 Å². The number of benzene rings is 1. The summed E-state index contributed by atoms with van der Waals surface area (Å²) in [6.07, 6.45) is 3.13. The highest BCUT2D eigenvalue weighted by Gasteiger charge is 2.26. The summed E-state index contributed by atoms with van der Waals surface area (Å²) in [7, 11) is 0. The van der Waals surface area contributed by atoms with Crippen molar-refractivity contribution in [1.29, 1.82) is 0 Å². The molecule has 1 aromatic carbocycles. The average Bonchev–Trinajstić information content (AvgIpc) is 2.59.